The van der Waals surface area contributed by atoms with Gasteiger partial charge in [0, 0.05) is 25.9 Å². The third kappa shape index (κ3) is 4.31. The Balaban J connectivity index is 2.17. The van der Waals surface area contributed by atoms with Gasteiger partial charge < -0.3 is 9.47 Å². The van der Waals surface area contributed by atoms with Gasteiger partial charge in [0.15, 0.2) is 0 Å². The number of allylic oxidation sites excluding steroid dienone is 1. The smallest absolute Gasteiger partial charge is 0.340 e. The summed E-state index contributed by atoms with van der Waals surface area (Å²) in [6, 6.07) is 12.8. The van der Waals surface area contributed by atoms with Crippen molar-refractivity contribution in [1.82, 2.24) is 0 Å². The Kier molecular flexibility index (Phi) is 6.59. The molecule has 0 aliphatic carbocycles. The Hall–Kier alpha value is -2.38. The van der Waals surface area contributed by atoms with Crippen molar-refractivity contribution in [2.45, 2.75) is 13.8 Å². The van der Waals surface area contributed by atoms with Crippen LogP contribution in [-0.2, 0) is 14.3 Å². The molecule has 150 valence electrons. The average Bonchev–Trinajstić information content (AvgIpc) is 2.93. The molecule has 0 saturated carbocycles. The molecule has 7 heteroatoms. The van der Waals surface area contributed by atoms with Gasteiger partial charge in [0.05, 0.1) is 24.9 Å². The van der Waals surface area contributed by atoms with Crippen LogP contribution in [-0.4, -0.2) is 25.6 Å². The third-order valence-corrected chi connectivity index (χ3v) is 5.48. The van der Waals surface area contributed by atoms with Crippen LogP contribution in [0.25, 0.3) is 6.08 Å². The third-order valence-electron chi connectivity index (χ3n) is 4.46. The Morgan fingerprint density at radius 1 is 1.10 bits per heavy atom. The number of carbonyl (C=O) groups excluding carboxylic acids is 2. The molecule has 2 aromatic rings. The molecule has 1 amide bonds. The second kappa shape index (κ2) is 8.97. The Morgan fingerprint density at radius 2 is 1.76 bits per heavy atom. The number of benzene rings is 2. The molecule has 29 heavy (non-hydrogen) atoms. The van der Waals surface area contributed by atoms with Crippen LogP contribution in [0.5, 0.6) is 5.75 Å². The topological polar surface area (TPSA) is 55.8 Å². The summed E-state index contributed by atoms with van der Waals surface area (Å²) in [7, 11) is 1.56. The van der Waals surface area contributed by atoms with Crippen LogP contribution >= 0.6 is 31.9 Å². The number of nitrogens with zero attached hydrogens (tertiary/aromatic N) is 1. The van der Waals surface area contributed by atoms with Crippen LogP contribution in [0.4, 0.5) is 5.69 Å². The Morgan fingerprint density at radius 3 is 2.38 bits per heavy atom. The summed E-state index contributed by atoms with van der Waals surface area (Å²) < 4.78 is 12.4. The van der Waals surface area contributed by atoms with E-state index in [-0.39, 0.29) is 23.7 Å². The number of ether oxygens (including phenoxy) is 2. The zero-order valence-corrected chi connectivity index (χ0v) is 19.3. The van der Waals surface area contributed by atoms with Gasteiger partial charge in [0.2, 0.25) is 0 Å². The molecule has 5 nitrogen and oxygen atoms in total. The van der Waals surface area contributed by atoms with Gasteiger partial charge >= 0.3 is 5.97 Å². The summed E-state index contributed by atoms with van der Waals surface area (Å²) in [4.78, 5) is 27.6. The van der Waals surface area contributed by atoms with Gasteiger partial charge in [-0.3, -0.25) is 9.69 Å². The van der Waals surface area contributed by atoms with Gasteiger partial charge in [0.1, 0.15) is 5.75 Å². The molecule has 0 N–H and O–H groups in total. The summed E-state index contributed by atoms with van der Waals surface area (Å²) in [6.45, 7) is 3.69. The van der Waals surface area contributed by atoms with Gasteiger partial charge in [-0.05, 0) is 62.4 Å². The van der Waals surface area contributed by atoms with E-state index in [4.69, 9.17) is 9.47 Å². The number of amides is 1. The minimum absolute atomic E-state index is 0.218. The quantitative estimate of drug-likeness (QED) is 0.386. The molecule has 3 rings (SSSR count). The molecular formula is C22H19Br2NO4. The van der Waals surface area contributed by atoms with E-state index >= 15 is 0 Å². The van der Waals surface area contributed by atoms with E-state index < -0.39 is 5.97 Å². The van der Waals surface area contributed by atoms with E-state index in [0.717, 1.165) is 8.95 Å². The van der Waals surface area contributed by atoms with Gasteiger partial charge in [-0.25, -0.2) is 4.79 Å². The largest absolute Gasteiger partial charge is 0.496 e. The summed E-state index contributed by atoms with van der Waals surface area (Å²) in [5.41, 5.74) is 2.39. The maximum Gasteiger partial charge on any atom is 0.340 e. The number of rotatable bonds is 5. The fraction of sp³-hybridized carbons (Fsp3) is 0.182. The molecule has 0 bridgehead atoms. The van der Waals surface area contributed by atoms with Crippen molar-refractivity contribution >= 4 is 55.5 Å². The van der Waals surface area contributed by atoms with Crippen LogP contribution in [0, 0.1) is 0 Å². The van der Waals surface area contributed by atoms with Crippen molar-refractivity contribution in [2.24, 2.45) is 0 Å². The highest BCUT2D eigenvalue weighted by Gasteiger charge is 2.38. The van der Waals surface area contributed by atoms with Crippen LogP contribution in [0.15, 0.2) is 68.3 Å². The number of anilines is 1. The van der Waals surface area contributed by atoms with E-state index in [2.05, 4.69) is 31.9 Å². The number of esters is 1. The lowest BCUT2D eigenvalue weighted by Crippen LogP contribution is -2.24. The molecule has 2 aromatic carbocycles. The standard InChI is InChI=1S/C22H19Br2NO4/c1-4-29-22(27)20-13(2)25(17-8-5-15(23)6-9-17)21(26)18(20)12-14-11-16(24)7-10-19(14)28-3/h5-12H,4H2,1-3H3/b18-12-. The minimum atomic E-state index is -0.529. The van der Waals surface area contributed by atoms with Crippen LogP contribution in [0.3, 0.4) is 0 Å². The summed E-state index contributed by atoms with van der Waals surface area (Å²) >= 11 is 6.84. The molecule has 0 radical (unpaired) electrons. The first-order valence-electron chi connectivity index (χ1n) is 8.91. The summed E-state index contributed by atoms with van der Waals surface area (Å²) in [6.07, 6.45) is 1.67. The number of halogens is 2. The first-order valence-corrected chi connectivity index (χ1v) is 10.5. The maximum absolute atomic E-state index is 13.4. The van der Waals surface area contributed by atoms with Crippen molar-refractivity contribution in [3.8, 4) is 5.75 Å². The van der Waals surface area contributed by atoms with E-state index in [9.17, 15) is 9.59 Å². The fourth-order valence-electron chi connectivity index (χ4n) is 3.16. The monoisotopic (exact) mass is 519 g/mol. The van der Waals surface area contributed by atoms with Gasteiger partial charge in [-0.2, -0.15) is 0 Å². The Labute approximate surface area is 186 Å². The van der Waals surface area contributed by atoms with Crippen molar-refractivity contribution in [1.29, 1.82) is 0 Å². The SMILES string of the molecule is CCOC(=O)C1=C(C)N(c2ccc(Br)cc2)C(=O)/C1=C\c1cc(Br)ccc1OC. The summed E-state index contributed by atoms with van der Waals surface area (Å²) in [5.74, 6) is -0.232. The molecule has 1 heterocycles. The molecule has 0 saturated heterocycles. The van der Waals surface area contributed by atoms with Gasteiger partial charge in [-0.1, -0.05) is 31.9 Å². The summed E-state index contributed by atoms with van der Waals surface area (Å²) in [5, 5.41) is 0. The predicted octanol–water partition coefficient (Wildman–Crippen LogP) is 5.49. The van der Waals surface area contributed by atoms with Crippen molar-refractivity contribution < 1.29 is 19.1 Å². The second-order valence-corrected chi connectivity index (χ2v) is 8.07. The van der Waals surface area contributed by atoms with Crippen molar-refractivity contribution in [3.05, 3.63) is 73.8 Å². The molecule has 0 aromatic heterocycles. The highest BCUT2D eigenvalue weighted by Crippen LogP contribution is 2.37. The first-order chi connectivity index (χ1) is 13.9. The highest BCUT2D eigenvalue weighted by atomic mass is 79.9. The zero-order valence-electron chi connectivity index (χ0n) is 16.2. The molecule has 0 spiro atoms. The van der Waals surface area contributed by atoms with Gasteiger partial charge in [0.25, 0.3) is 5.91 Å². The van der Waals surface area contributed by atoms with E-state index in [1.54, 1.807) is 33.1 Å². The molecule has 0 atom stereocenters. The predicted molar refractivity (Wildman–Crippen MR) is 120 cm³/mol. The molecule has 0 unspecified atom stereocenters. The van der Waals surface area contributed by atoms with E-state index in [0.29, 0.717) is 22.7 Å². The molecular weight excluding hydrogens is 502 g/mol. The van der Waals surface area contributed by atoms with E-state index in [1.165, 1.54) is 4.90 Å². The number of hydrogen-bond donors (Lipinski definition) is 0. The zero-order chi connectivity index (χ0) is 21.1. The fourth-order valence-corrected chi connectivity index (χ4v) is 3.80. The molecule has 1 aliphatic rings. The van der Waals surface area contributed by atoms with Gasteiger partial charge in [-0.15, -0.1) is 0 Å². The molecule has 1 aliphatic heterocycles. The number of hydrogen-bond acceptors (Lipinski definition) is 4. The number of carbonyl (C=O) groups is 2. The lowest BCUT2D eigenvalue weighted by Gasteiger charge is -2.18. The van der Waals surface area contributed by atoms with Crippen LogP contribution in [0.1, 0.15) is 19.4 Å². The average molecular weight is 521 g/mol. The Bertz CT molecular complexity index is 1030. The number of methoxy groups -OCH3 is 1. The minimum Gasteiger partial charge on any atom is -0.496 e. The second-order valence-electron chi connectivity index (χ2n) is 6.24. The lowest BCUT2D eigenvalue weighted by molar-refractivity contribution is -0.138. The van der Waals surface area contributed by atoms with Crippen LogP contribution in [0.2, 0.25) is 0 Å². The highest BCUT2D eigenvalue weighted by molar-refractivity contribution is 9.10. The normalized spacial score (nSPS) is 15.3. The van der Waals surface area contributed by atoms with Crippen molar-refractivity contribution in [3.63, 3.8) is 0 Å². The molecule has 0 fully saturated rings. The first kappa shape index (κ1) is 21.3. The lowest BCUT2D eigenvalue weighted by atomic mass is 10.0. The maximum atomic E-state index is 13.4. The van der Waals surface area contributed by atoms with Crippen molar-refractivity contribution in [2.75, 3.05) is 18.6 Å². The van der Waals surface area contributed by atoms with Crippen LogP contribution < -0.4 is 9.64 Å². The van der Waals surface area contributed by atoms with E-state index in [1.807, 2.05) is 36.4 Å².